The van der Waals surface area contributed by atoms with Crippen LogP contribution in [0.5, 0.6) is 0 Å². The molecule has 1 aliphatic heterocycles. The van der Waals surface area contributed by atoms with E-state index in [1.165, 1.54) is 18.2 Å². The van der Waals surface area contributed by atoms with Crippen LogP contribution in [-0.2, 0) is 11.2 Å². The highest BCUT2D eigenvalue weighted by atomic mass is 19.1. The molecule has 2 rings (SSSR count). The van der Waals surface area contributed by atoms with E-state index in [0.29, 0.717) is 12.3 Å². The predicted octanol–water partition coefficient (Wildman–Crippen LogP) is 2.52. The van der Waals surface area contributed by atoms with Crippen LogP contribution in [0.1, 0.15) is 18.9 Å². The van der Waals surface area contributed by atoms with Crippen molar-refractivity contribution in [2.75, 3.05) is 13.7 Å². The topological polar surface area (TPSA) is 21.3 Å². The molecule has 0 saturated carbocycles. The summed E-state index contributed by atoms with van der Waals surface area (Å²) in [5.41, 5.74) is 0.138. The van der Waals surface area contributed by atoms with Gasteiger partial charge in [0.1, 0.15) is 11.6 Å². The Morgan fingerprint density at radius 3 is 2.56 bits per heavy atom. The summed E-state index contributed by atoms with van der Waals surface area (Å²) in [6.07, 6.45) is 1.33. The first kappa shape index (κ1) is 13.4. The highest BCUT2D eigenvalue weighted by molar-refractivity contribution is 5.21. The lowest BCUT2D eigenvalue weighted by molar-refractivity contribution is 0.0629. The van der Waals surface area contributed by atoms with Crippen molar-refractivity contribution in [2.45, 2.75) is 31.9 Å². The Bertz CT molecular complexity index is 391. The molecule has 2 nitrogen and oxygen atoms in total. The average Bonchev–Trinajstić information content (AvgIpc) is 2.76. The van der Waals surface area contributed by atoms with E-state index in [4.69, 9.17) is 4.74 Å². The monoisotopic (exact) mass is 255 g/mol. The van der Waals surface area contributed by atoms with E-state index in [1.54, 1.807) is 7.05 Å². The highest BCUT2D eigenvalue weighted by Gasteiger charge is 2.32. The van der Waals surface area contributed by atoms with Gasteiger partial charge in [0.05, 0.1) is 6.10 Å². The van der Waals surface area contributed by atoms with Crippen LogP contribution in [0.3, 0.4) is 0 Å². The molecule has 1 aromatic rings. The van der Waals surface area contributed by atoms with E-state index >= 15 is 0 Å². The van der Waals surface area contributed by atoms with Crippen LogP contribution in [-0.4, -0.2) is 25.8 Å². The molecule has 0 aliphatic carbocycles. The predicted molar refractivity (Wildman–Crippen MR) is 66.4 cm³/mol. The summed E-state index contributed by atoms with van der Waals surface area (Å²) < 4.78 is 32.9. The van der Waals surface area contributed by atoms with Crippen molar-refractivity contribution in [3.63, 3.8) is 0 Å². The third-order valence-corrected chi connectivity index (χ3v) is 3.70. The molecule has 0 aromatic heterocycles. The van der Waals surface area contributed by atoms with Crippen molar-refractivity contribution < 1.29 is 13.5 Å². The molecule has 0 bridgehead atoms. The van der Waals surface area contributed by atoms with Crippen LogP contribution in [0, 0.1) is 17.6 Å². The van der Waals surface area contributed by atoms with Crippen molar-refractivity contribution in [3.8, 4) is 0 Å². The number of halogens is 2. The van der Waals surface area contributed by atoms with E-state index in [0.717, 1.165) is 13.0 Å². The van der Waals surface area contributed by atoms with Gasteiger partial charge >= 0.3 is 0 Å². The van der Waals surface area contributed by atoms with E-state index in [9.17, 15) is 8.78 Å². The molecule has 100 valence electrons. The zero-order valence-corrected chi connectivity index (χ0v) is 10.7. The first-order chi connectivity index (χ1) is 8.63. The third kappa shape index (κ3) is 2.70. The van der Waals surface area contributed by atoms with Crippen LogP contribution in [0.2, 0.25) is 0 Å². The summed E-state index contributed by atoms with van der Waals surface area (Å²) in [5.74, 6) is -0.556. The summed E-state index contributed by atoms with van der Waals surface area (Å²) in [6.45, 7) is 2.84. The maximum atomic E-state index is 13.6. The quantitative estimate of drug-likeness (QED) is 0.892. The van der Waals surface area contributed by atoms with Gasteiger partial charge in [-0.3, -0.25) is 0 Å². The summed E-state index contributed by atoms with van der Waals surface area (Å²) in [5, 5.41) is 3.12. The third-order valence-electron chi connectivity index (χ3n) is 3.70. The molecule has 1 aliphatic rings. The fourth-order valence-corrected chi connectivity index (χ4v) is 2.56. The Hall–Kier alpha value is -1.00. The van der Waals surface area contributed by atoms with Gasteiger partial charge in [0.25, 0.3) is 0 Å². The lowest BCUT2D eigenvalue weighted by Gasteiger charge is -2.26. The molecule has 1 fully saturated rings. The first-order valence-electron chi connectivity index (χ1n) is 6.35. The Morgan fingerprint density at radius 1 is 1.39 bits per heavy atom. The number of hydrogen-bond acceptors (Lipinski definition) is 2. The number of likely N-dealkylation sites (N-methyl/N-ethyl adjacent to an activating group) is 1. The van der Waals surface area contributed by atoms with E-state index in [2.05, 4.69) is 12.2 Å². The molecular weight excluding hydrogens is 236 g/mol. The Morgan fingerprint density at radius 2 is 2.06 bits per heavy atom. The fourth-order valence-electron chi connectivity index (χ4n) is 2.56. The number of nitrogens with one attached hydrogen (secondary N) is 1. The second kappa shape index (κ2) is 5.76. The molecular formula is C14H19F2NO. The summed E-state index contributed by atoms with van der Waals surface area (Å²) in [6, 6.07) is 3.92. The number of ether oxygens (including phenoxy) is 1. The number of rotatable bonds is 4. The molecule has 1 N–H and O–H groups in total. The van der Waals surface area contributed by atoms with Gasteiger partial charge in [-0.25, -0.2) is 8.78 Å². The molecule has 3 atom stereocenters. The van der Waals surface area contributed by atoms with Gasteiger partial charge < -0.3 is 10.1 Å². The first-order valence-corrected chi connectivity index (χ1v) is 6.35. The number of benzene rings is 1. The maximum absolute atomic E-state index is 13.6. The Balaban J connectivity index is 2.15. The molecule has 18 heavy (non-hydrogen) atoms. The second-order valence-corrected chi connectivity index (χ2v) is 4.90. The zero-order chi connectivity index (χ0) is 13.1. The minimum absolute atomic E-state index is 0.0222. The van der Waals surface area contributed by atoms with Gasteiger partial charge in [-0.1, -0.05) is 13.0 Å². The molecule has 1 aromatic carbocycles. The summed E-state index contributed by atoms with van der Waals surface area (Å²) >= 11 is 0. The van der Waals surface area contributed by atoms with Crippen LogP contribution in [0.4, 0.5) is 8.78 Å². The molecule has 0 spiro atoms. The van der Waals surface area contributed by atoms with Gasteiger partial charge in [-0.05, 0) is 37.9 Å². The van der Waals surface area contributed by atoms with E-state index in [-0.39, 0.29) is 17.7 Å². The molecule has 0 radical (unpaired) electrons. The van der Waals surface area contributed by atoms with Gasteiger partial charge in [0.2, 0.25) is 0 Å². The van der Waals surface area contributed by atoms with Crippen molar-refractivity contribution in [1.29, 1.82) is 0 Å². The van der Waals surface area contributed by atoms with Crippen molar-refractivity contribution in [3.05, 3.63) is 35.4 Å². The van der Waals surface area contributed by atoms with Crippen LogP contribution >= 0.6 is 0 Å². The Kier molecular flexibility index (Phi) is 4.30. The standard InChI is InChI=1S/C14H19F2NO/c1-9-6-7-18-14(9)13(17-2)8-10-11(15)4-3-5-12(10)16/h3-5,9,13-14,17H,6-8H2,1-2H3. The average molecular weight is 255 g/mol. The van der Waals surface area contributed by atoms with Crippen molar-refractivity contribution >= 4 is 0 Å². The lowest BCUT2D eigenvalue weighted by Crippen LogP contribution is -2.42. The van der Waals surface area contributed by atoms with E-state index < -0.39 is 11.6 Å². The van der Waals surface area contributed by atoms with Gasteiger partial charge in [0.15, 0.2) is 0 Å². The maximum Gasteiger partial charge on any atom is 0.129 e. The molecule has 4 heteroatoms. The molecule has 1 heterocycles. The summed E-state index contributed by atoms with van der Waals surface area (Å²) in [4.78, 5) is 0. The van der Waals surface area contributed by atoms with E-state index in [1.807, 2.05) is 0 Å². The largest absolute Gasteiger partial charge is 0.376 e. The summed E-state index contributed by atoms with van der Waals surface area (Å²) in [7, 11) is 1.80. The van der Waals surface area contributed by atoms with Gasteiger partial charge in [-0.2, -0.15) is 0 Å². The normalized spacial score (nSPS) is 25.3. The van der Waals surface area contributed by atoms with Crippen molar-refractivity contribution in [2.24, 2.45) is 5.92 Å². The van der Waals surface area contributed by atoms with Crippen molar-refractivity contribution in [1.82, 2.24) is 5.32 Å². The Labute approximate surface area is 106 Å². The van der Waals surface area contributed by atoms with Crippen LogP contribution in [0.15, 0.2) is 18.2 Å². The number of hydrogen-bond donors (Lipinski definition) is 1. The SMILES string of the molecule is CNC(Cc1c(F)cccc1F)C1OCCC1C. The minimum atomic E-state index is -0.485. The van der Waals surface area contributed by atoms with Gasteiger partial charge in [0, 0.05) is 18.2 Å². The second-order valence-electron chi connectivity index (χ2n) is 4.90. The van der Waals surface area contributed by atoms with Crippen LogP contribution in [0.25, 0.3) is 0 Å². The molecule has 3 unspecified atom stereocenters. The highest BCUT2D eigenvalue weighted by Crippen LogP contribution is 2.25. The molecule has 1 saturated heterocycles. The smallest absolute Gasteiger partial charge is 0.129 e. The van der Waals surface area contributed by atoms with Gasteiger partial charge in [-0.15, -0.1) is 0 Å². The fraction of sp³-hybridized carbons (Fsp3) is 0.571. The molecule has 0 amide bonds. The lowest BCUT2D eigenvalue weighted by atomic mass is 9.92. The van der Waals surface area contributed by atoms with Crippen LogP contribution < -0.4 is 5.32 Å². The zero-order valence-electron chi connectivity index (χ0n) is 10.7. The minimum Gasteiger partial charge on any atom is -0.376 e.